The van der Waals surface area contributed by atoms with Gasteiger partial charge in [-0.05, 0) is 18.5 Å². The maximum absolute atomic E-state index is 11.4. The predicted molar refractivity (Wildman–Crippen MR) is 62.3 cm³/mol. The molecule has 0 spiro atoms. The summed E-state index contributed by atoms with van der Waals surface area (Å²) in [6, 6.07) is 0. The number of hydrogen-bond donors (Lipinski definition) is 3. The molecule has 0 aromatic carbocycles. The van der Waals surface area contributed by atoms with E-state index in [-0.39, 0.29) is 23.8 Å². The topological polar surface area (TPSA) is 115 Å². The Morgan fingerprint density at radius 2 is 2.29 bits per heavy atom. The molecule has 17 heavy (non-hydrogen) atoms. The van der Waals surface area contributed by atoms with Gasteiger partial charge in [0.05, 0.1) is 12.3 Å². The van der Waals surface area contributed by atoms with Crippen LogP contribution >= 0.6 is 11.5 Å². The number of aromatic carboxylic acids is 1. The van der Waals surface area contributed by atoms with Crippen LogP contribution in [0.1, 0.15) is 16.1 Å². The van der Waals surface area contributed by atoms with Gasteiger partial charge < -0.3 is 20.9 Å². The first-order valence-electron chi connectivity index (χ1n) is 4.83. The number of amides is 1. The van der Waals surface area contributed by atoms with Crippen LogP contribution in [0.2, 0.25) is 0 Å². The third-order valence-electron chi connectivity index (χ3n) is 1.82. The predicted octanol–water partition coefficient (Wildman–Crippen LogP) is 0.0635. The van der Waals surface area contributed by atoms with Crippen molar-refractivity contribution >= 4 is 28.4 Å². The minimum Gasteiger partial charge on any atom is -0.478 e. The summed E-state index contributed by atoms with van der Waals surface area (Å²) in [6.45, 7) is 2.02. The fourth-order valence-corrected chi connectivity index (χ4v) is 1.92. The summed E-state index contributed by atoms with van der Waals surface area (Å²) < 4.78 is 8.80. The van der Waals surface area contributed by atoms with Crippen LogP contribution in [-0.2, 0) is 9.53 Å². The molecule has 0 fully saturated rings. The van der Waals surface area contributed by atoms with Crippen molar-refractivity contribution < 1.29 is 19.4 Å². The molecule has 0 aliphatic heterocycles. The molecular weight excluding hydrogens is 246 g/mol. The van der Waals surface area contributed by atoms with E-state index < -0.39 is 11.9 Å². The standard InChI is InChI=1S/C9H13N3O4S/c1-5-7(9(14)15)8(17-12-5)11-6(13)4-16-3-2-10/h2-4,10H2,1H3,(H,11,13)(H,14,15). The summed E-state index contributed by atoms with van der Waals surface area (Å²) in [5.41, 5.74) is 5.58. The van der Waals surface area contributed by atoms with E-state index in [2.05, 4.69) is 9.69 Å². The molecule has 0 aliphatic rings. The van der Waals surface area contributed by atoms with Crippen LogP contribution < -0.4 is 11.1 Å². The highest BCUT2D eigenvalue weighted by Crippen LogP contribution is 2.24. The van der Waals surface area contributed by atoms with Crippen molar-refractivity contribution in [3.8, 4) is 0 Å². The third-order valence-corrected chi connectivity index (χ3v) is 2.68. The van der Waals surface area contributed by atoms with Crippen molar-refractivity contribution in [1.82, 2.24) is 4.37 Å². The van der Waals surface area contributed by atoms with E-state index >= 15 is 0 Å². The number of carbonyl (C=O) groups excluding carboxylic acids is 1. The van der Waals surface area contributed by atoms with Crippen molar-refractivity contribution in [3.63, 3.8) is 0 Å². The fraction of sp³-hybridized carbons (Fsp3) is 0.444. The molecule has 4 N–H and O–H groups in total. The average molecular weight is 259 g/mol. The molecule has 0 atom stereocenters. The highest BCUT2D eigenvalue weighted by Gasteiger charge is 2.18. The van der Waals surface area contributed by atoms with Crippen molar-refractivity contribution in [2.24, 2.45) is 5.73 Å². The Morgan fingerprint density at radius 1 is 1.59 bits per heavy atom. The molecule has 1 aromatic heterocycles. The molecule has 94 valence electrons. The maximum atomic E-state index is 11.4. The molecule has 0 saturated carbocycles. The molecule has 0 unspecified atom stereocenters. The number of nitrogens with two attached hydrogens (primary N) is 1. The lowest BCUT2D eigenvalue weighted by molar-refractivity contribution is -0.120. The monoisotopic (exact) mass is 259 g/mol. The Bertz CT molecular complexity index is 418. The lowest BCUT2D eigenvalue weighted by Gasteiger charge is -2.04. The Labute approximate surface area is 102 Å². The van der Waals surface area contributed by atoms with Gasteiger partial charge in [0.25, 0.3) is 5.91 Å². The van der Waals surface area contributed by atoms with Crippen LogP contribution in [0.15, 0.2) is 0 Å². The number of aromatic nitrogens is 1. The van der Waals surface area contributed by atoms with Crippen LogP contribution in [0.3, 0.4) is 0 Å². The van der Waals surface area contributed by atoms with Crippen molar-refractivity contribution in [2.75, 3.05) is 25.1 Å². The summed E-state index contributed by atoms with van der Waals surface area (Å²) in [5.74, 6) is -1.54. The molecular formula is C9H13N3O4S. The number of nitrogens with zero attached hydrogens (tertiary/aromatic N) is 1. The number of ether oxygens (including phenoxy) is 1. The molecule has 0 aliphatic carbocycles. The van der Waals surface area contributed by atoms with Gasteiger partial charge in [0.1, 0.15) is 17.2 Å². The highest BCUT2D eigenvalue weighted by molar-refractivity contribution is 7.11. The second-order valence-electron chi connectivity index (χ2n) is 3.17. The van der Waals surface area contributed by atoms with Crippen LogP contribution in [0, 0.1) is 6.92 Å². The zero-order chi connectivity index (χ0) is 12.8. The lowest BCUT2D eigenvalue weighted by Crippen LogP contribution is -2.21. The molecule has 8 heteroatoms. The fourth-order valence-electron chi connectivity index (χ4n) is 1.12. The first-order chi connectivity index (χ1) is 8.06. The summed E-state index contributed by atoms with van der Waals surface area (Å²) in [4.78, 5) is 22.3. The molecule has 0 radical (unpaired) electrons. The van der Waals surface area contributed by atoms with E-state index in [1.165, 1.54) is 0 Å². The van der Waals surface area contributed by atoms with Crippen molar-refractivity contribution in [2.45, 2.75) is 6.92 Å². The quantitative estimate of drug-likeness (QED) is 0.622. The first kappa shape index (κ1) is 13.6. The zero-order valence-corrected chi connectivity index (χ0v) is 10.0. The van der Waals surface area contributed by atoms with E-state index in [1.807, 2.05) is 0 Å². The molecule has 1 aromatic rings. The summed E-state index contributed by atoms with van der Waals surface area (Å²) >= 11 is 0.929. The number of carbonyl (C=O) groups is 2. The van der Waals surface area contributed by atoms with Crippen LogP contribution in [-0.4, -0.2) is 41.1 Å². The molecule has 7 nitrogen and oxygen atoms in total. The minimum absolute atomic E-state index is 0.0159. The number of aryl methyl sites for hydroxylation is 1. The Kier molecular flexibility index (Phi) is 5.01. The smallest absolute Gasteiger partial charge is 0.340 e. The maximum Gasteiger partial charge on any atom is 0.340 e. The Balaban J connectivity index is 2.62. The second-order valence-corrected chi connectivity index (χ2v) is 3.94. The van der Waals surface area contributed by atoms with Crippen LogP contribution in [0.4, 0.5) is 5.00 Å². The Hall–Kier alpha value is -1.51. The van der Waals surface area contributed by atoms with E-state index in [0.717, 1.165) is 11.5 Å². The van der Waals surface area contributed by atoms with Gasteiger partial charge in [-0.25, -0.2) is 4.79 Å². The molecule has 1 heterocycles. The SMILES string of the molecule is Cc1nsc(NC(=O)COCCN)c1C(=O)O. The number of hydrogen-bond acceptors (Lipinski definition) is 6. The molecule has 0 bridgehead atoms. The van der Waals surface area contributed by atoms with E-state index in [9.17, 15) is 9.59 Å². The normalized spacial score (nSPS) is 10.2. The number of nitrogens with one attached hydrogen (secondary N) is 1. The van der Waals surface area contributed by atoms with Crippen LogP contribution in [0.5, 0.6) is 0 Å². The van der Waals surface area contributed by atoms with Crippen molar-refractivity contribution in [1.29, 1.82) is 0 Å². The number of carboxylic acid groups (broad SMARTS) is 1. The average Bonchev–Trinajstić information content (AvgIpc) is 2.60. The second kappa shape index (κ2) is 6.28. The van der Waals surface area contributed by atoms with Gasteiger partial charge >= 0.3 is 5.97 Å². The van der Waals surface area contributed by atoms with Gasteiger partial charge in [-0.1, -0.05) is 0 Å². The summed E-state index contributed by atoms with van der Waals surface area (Å²) in [5, 5.41) is 11.6. The van der Waals surface area contributed by atoms with Gasteiger partial charge in [0.2, 0.25) is 0 Å². The zero-order valence-electron chi connectivity index (χ0n) is 9.23. The first-order valence-corrected chi connectivity index (χ1v) is 5.60. The number of anilines is 1. The van der Waals surface area contributed by atoms with E-state index in [1.54, 1.807) is 6.92 Å². The largest absolute Gasteiger partial charge is 0.478 e. The van der Waals surface area contributed by atoms with Crippen molar-refractivity contribution in [3.05, 3.63) is 11.3 Å². The Morgan fingerprint density at radius 3 is 2.88 bits per heavy atom. The van der Waals surface area contributed by atoms with Gasteiger partial charge in [0, 0.05) is 6.54 Å². The highest BCUT2D eigenvalue weighted by atomic mass is 32.1. The van der Waals surface area contributed by atoms with E-state index in [0.29, 0.717) is 12.2 Å². The molecule has 1 amide bonds. The lowest BCUT2D eigenvalue weighted by atomic mass is 10.2. The minimum atomic E-state index is -1.12. The number of rotatable bonds is 6. The van der Waals surface area contributed by atoms with Gasteiger partial charge in [-0.15, -0.1) is 0 Å². The third kappa shape index (κ3) is 3.77. The summed E-state index contributed by atoms with van der Waals surface area (Å²) in [7, 11) is 0. The molecule has 0 saturated heterocycles. The van der Waals surface area contributed by atoms with Gasteiger partial charge in [-0.3, -0.25) is 4.79 Å². The van der Waals surface area contributed by atoms with E-state index in [4.69, 9.17) is 15.6 Å². The summed E-state index contributed by atoms with van der Waals surface area (Å²) in [6.07, 6.45) is 0. The molecule has 1 rings (SSSR count). The van der Waals surface area contributed by atoms with Gasteiger partial charge in [-0.2, -0.15) is 4.37 Å². The van der Waals surface area contributed by atoms with Gasteiger partial charge in [0.15, 0.2) is 0 Å². The number of carboxylic acids is 1. The van der Waals surface area contributed by atoms with Crippen LogP contribution in [0.25, 0.3) is 0 Å².